The molecule has 0 fully saturated rings. The van der Waals surface area contributed by atoms with Crippen molar-refractivity contribution in [2.75, 3.05) is 7.05 Å². The molecule has 106 valence electrons. The Balaban J connectivity index is 2.33. The minimum absolute atomic E-state index is 0.0600. The van der Waals surface area contributed by atoms with E-state index in [2.05, 4.69) is 37.2 Å². The van der Waals surface area contributed by atoms with Crippen LogP contribution < -0.4 is 5.32 Å². The van der Waals surface area contributed by atoms with Crippen LogP contribution in [0.4, 0.5) is 8.78 Å². The molecule has 2 aromatic rings. The summed E-state index contributed by atoms with van der Waals surface area (Å²) < 4.78 is 29.3. The standard InChI is InChI=1S/C15H13Br2F2N/c1-20-13(8-9-2-4-10(16)5-3-9)14-12(18)7-6-11(17)15(14)19/h2-7,13,20H,8H2,1H3. The van der Waals surface area contributed by atoms with Crippen LogP contribution in [0.1, 0.15) is 17.2 Å². The summed E-state index contributed by atoms with van der Waals surface area (Å²) >= 11 is 6.46. The van der Waals surface area contributed by atoms with E-state index in [1.165, 1.54) is 12.1 Å². The topological polar surface area (TPSA) is 12.0 Å². The molecule has 1 nitrogen and oxygen atoms in total. The molecule has 0 aliphatic heterocycles. The number of hydrogen-bond donors (Lipinski definition) is 1. The van der Waals surface area contributed by atoms with Crippen LogP contribution in [-0.2, 0) is 6.42 Å². The number of likely N-dealkylation sites (N-methyl/N-ethyl adjacent to an activating group) is 1. The fraction of sp³-hybridized carbons (Fsp3) is 0.200. The second-order valence-corrected chi connectivity index (χ2v) is 6.20. The normalized spacial score (nSPS) is 12.4. The lowest BCUT2D eigenvalue weighted by Crippen LogP contribution is -2.21. The molecule has 0 bridgehead atoms. The second kappa shape index (κ2) is 6.78. The van der Waals surface area contributed by atoms with Gasteiger partial charge in [0.25, 0.3) is 0 Å². The number of benzene rings is 2. The zero-order valence-electron chi connectivity index (χ0n) is 10.8. The highest BCUT2D eigenvalue weighted by molar-refractivity contribution is 9.10. The van der Waals surface area contributed by atoms with Gasteiger partial charge in [-0.05, 0) is 59.2 Å². The van der Waals surface area contributed by atoms with Gasteiger partial charge in [0.15, 0.2) is 0 Å². The fourth-order valence-electron chi connectivity index (χ4n) is 2.07. The van der Waals surface area contributed by atoms with E-state index < -0.39 is 17.7 Å². The quantitative estimate of drug-likeness (QED) is 0.707. The molecule has 0 aliphatic rings. The van der Waals surface area contributed by atoms with Crippen LogP contribution in [0.3, 0.4) is 0 Å². The van der Waals surface area contributed by atoms with Gasteiger partial charge in [-0.3, -0.25) is 0 Å². The minimum atomic E-state index is -0.554. The zero-order valence-corrected chi connectivity index (χ0v) is 13.9. The van der Waals surface area contributed by atoms with Crippen molar-refractivity contribution in [1.29, 1.82) is 0 Å². The largest absolute Gasteiger partial charge is 0.313 e. The molecule has 5 heteroatoms. The predicted octanol–water partition coefficient (Wildman–Crippen LogP) is 4.99. The maximum atomic E-state index is 14.1. The number of hydrogen-bond acceptors (Lipinski definition) is 1. The highest BCUT2D eigenvalue weighted by Gasteiger charge is 2.21. The molecule has 0 aromatic heterocycles. The van der Waals surface area contributed by atoms with Gasteiger partial charge in [0.2, 0.25) is 0 Å². The predicted molar refractivity (Wildman–Crippen MR) is 83.7 cm³/mol. The maximum absolute atomic E-state index is 14.1. The summed E-state index contributed by atoms with van der Waals surface area (Å²) in [6.07, 6.45) is 0.508. The van der Waals surface area contributed by atoms with Crippen molar-refractivity contribution < 1.29 is 8.78 Å². The van der Waals surface area contributed by atoms with Crippen LogP contribution in [0.25, 0.3) is 0 Å². The summed E-state index contributed by atoms with van der Waals surface area (Å²) in [7, 11) is 1.70. The van der Waals surface area contributed by atoms with Crippen molar-refractivity contribution in [2.45, 2.75) is 12.5 Å². The van der Waals surface area contributed by atoms with Crippen LogP contribution in [0, 0.1) is 11.6 Å². The summed E-state index contributed by atoms with van der Waals surface area (Å²) in [5.74, 6) is -1.09. The first-order chi connectivity index (χ1) is 9.52. The summed E-state index contributed by atoms with van der Waals surface area (Å²) in [6.45, 7) is 0. The molecule has 1 N–H and O–H groups in total. The lowest BCUT2D eigenvalue weighted by atomic mass is 9.98. The lowest BCUT2D eigenvalue weighted by Gasteiger charge is -2.19. The van der Waals surface area contributed by atoms with E-state index in [1.54, 1.807) is 7.05 Å². The van der Waals surface area contributed by atoms with E-state index in [0.29, 0.717) is 6.42 Å². The first kappa shape index (κ1) is 15.6. The van der Waals surface area contributed by atoms with Gasteiger partial charge in [0.1, 0.15) is 11.6 Å². The minimum Gasteiger partial charge on any atom is -0.313 e. The molecule has 0 amide bonds. The molecule has 0 aliphatic carbocycles. The van der Waals surface area contributed by atoms with Gasteiger partial charge in [0.05, 0.1) is 4.47 Å². The van der Waals surface area contributed by atoms with Crippen molar-refractivity contribution in [2.24, 2.45) is 0 Å². The third-order valence-corrected chi connectivity index (χ3v) is 4.27. The Kier molecular flexibility index (Phi) is 5.29. The van der Waals surface area contributed by atoms with E-state index in [0.717, 1.165) is 10.0 Å². The van der Waals surface area contributed by atoms with Gasteiger partial charge >= 0.3 is 0 Å². The maximum Gasteiger partial charge on any atom is 0.145 e. The first-order valence-electron chi connectivity index (χ1n) is 6.08. The van der Waals surface area contributed by atoms with E-state index in [-0.39, 0.29) is 10.0 Å². The highest BCUT2D eigenvalue weighted by Crippen LogP contribution is 2.29. The molecule has 0 radical (unpaired) electrons. The summed E-state index contributed by atoms with van der Waals surface area (Å²) in [5, 5.41) is 2.98. The Morgan fingerprint density at radius 2 is 1.70 bits per heavy atom. The average Bonchev–Trinajstić information content (AvgIpc) is 2.44. The van der Waals surface area contributed by atoms with Crippen molar-refractivity contribution in [1.82, 2.24) is 5.32 Å². The molecule has 20 heavy (non-hydrogen) atoms. The molecule has 0 saturated heterocycles. The molecule has 1 unspecified atom stereocenters. The molecule has 1 atom stereocenters. The Bertz CT molecular complexity index is 600. The number of rotatable bonds is 4. The second-order valence-electron chi connectivity index (χ2n) is 4.43. The van der Waals surface area contributed by atoms with Gasteiger partial charge in [0, 0.05) is 16.1 Å². The number of nitrogens with one attached hydrogen (secondary N) is 1. The Morgan fingerprint density at radius 1 is 1.05 bits per heavy atom. The van der Waals surface area contributed by atoms with Crippen molar-refractivity contribution in [3.63, 3.8) is 0 Å². The van der Waals surface area contributed by atoms with Crippen molar-refractivity contribution >= 4 is 31.9 Å². The molecule has 2 aromatic carbocycles. The summed E-state index contributed by atoms with van der Waals surface area (Å²) in [4.78, 5) is 0. The molecular formula is C15H13Br2F2N. The zero-order chi connectivity index (χ0) is 14.7. The smallest absolute Gasteiger partial charge is 0.145 e. The van der Waals surface area contributed by atoms with Crippen molar-refractivity contribution in [3.05, 3.63) is 68.1 Å². The molecular weight excluding hydrogens is 392 g/mol. The summed E-state index contributed by atoms with van der Waals surface area (Å²) in [5.41, 5.74) is 1.07. The van der Waals surface area contributed by atoms with Gasteiger partial charge in [-0.15, -0.1) is 0 Å². The van der Waals surface area contributed by atoms with Gasteiger partial charge < -0.3 is 5.32 Å². The average molecular weight is 405 g/mol. The van der Waals surface area contributed by atoms with Crippen LogP contribution in [0.15, 0.2) is 45.3 Å². The van der Waals surface area contributed by atoms with Gasteiger partial charge in [-0.25, -0.2) is 8.78 Å². The van der Waals surface area contributed by atoms with Gasteiger partial charge in [-0.2, -0.15) is 0 Å². The first-order valence-corrected chi connectivity index (χ1v) is 7.66. The Hall–Kier alpha value is -0.780. The van der Waals surface area contributed by atoms with E-state index in [9.17, 15) is 8.78 Å². The molecule has 0 saturated carbocycles. The van der Waals surface area contributed by atoms with Crippen LogP contribution in [-0.4, -0.2) is 7.05 Å². The number of halogens is 4. The summed E-state index contributed by atoms with van der Waals surface area (Å²) in [6, 6.07) is 9.92. The van der Waals surface area contributed by atoms with Gasteiger partial charge in [-0.1, -0.05) is 28.1 Å². The van der Waals surface area contributed by atoms with E-state index >= 15 is 0 Å². The Labute approximate surface area is 133 Å². The molecule has 2 rings (SSSR count). The third kappa shape index (κ3) is 3.45. The van der Waals surface area contributed by atoms with Crippen molar-refractivity contribution in [3.8, 4) is 0 Å². The monoisotopic (exact) mass is 403 g/mol. The third-order valence-electron chi connectivity index (χ3n) is 3.13. The fourth-order valence-corrected chi connectivity index (χ4v) is 2.68. The van der Waals surface area contributed by atoms with E-state index in [1.807, 2.05) is 24.3 Å². The molecule has 0 heterocycles. The van der Waals surface area contributed by atoms with Crippen LogP contribution >= 0.6 is 31.9 Å². The van der Waals surface area contributed by atoms with Crippen LogP contribution in [0.2, 0.25) is 0 Å². The lowest BCUT2D eigenvalue weighted by molar-refractivity contribution is 0.487. The Morgan fingerprint density at radius 3 is 2.30 bits per heavy atom. The van der Waals surface area contributed by atoms with E-state index in [4.69, 9.17) is 0 Å². The highest BCUT2D eigenvalue weighted by atomic mass is 79.9. The molecule has 0 spiro atoms. The SMILES string of the molecule is CNC(Cc1ccc(Br)cc1)c1c(F)ccc(Br)c1F. The van der Waals surface area contributed by atoms with Crippen LogP contribution in [0.5, 0.6) is 0 Å².